The minimum Gasteiger partial charge on any atom is -0.398 e. The fraction of sp³-hybridized carbons (Fsp3) is 0.533. The number of rotatable bonds is 8. The first-order valence-electron chi connectivity index (χ1n) is 7.00. The standard InChI is InChI=1S/C15H23ClN2OS/c1-3-4-5-6-11(2)18-15(19)10-20-14-8-7-12(16)9-13(14)17/h7-9,11H,3-6,10,17H2,1-2H3,(H,18,19). The smallest absolute Gasteiger partial charge is 0.230 e. The third kappa shape index (κ3) is 6.53. The molecule has 1 rings (SSSR count). The number of hydrogen-bond acceptors (Lipinski definition) is 3. The normalized spacial score (nSPS) is 12.2. The van der Waals surface area contributed by atoms with Crippen LogP contribution in [0, 0.1) is 0 Å². The van der Waals surface area contributed by atoms with E-state index in [9.17, 15) is 4.79 Å². The molecule has 0 aromatic heterocycles. The van der Waals surface area contributed by atoms with E-state index in [0.717, 1.165) is 17.7 Å². The van der Waals surface area contributed by atoms with Crippen LogP contribution >= 0.6 is 23.4 Å². The zero-order valence-corrected chi connectivity index (χ0v) is 13.7. The first kappa shape index (κ1) is 17.2. The first-order chi connectivity index (χ1) is 9.52. The zero-order chi connectivity index (χ0) is 15.0. The molecule has 0 saturated carbocycles. The van der Waals surface area contributed by atoms with Crippen LogP contribution in [0.1, 0.15) is 39.5 Å². The molecule has 0 aliphatic heterocycles. The molecule has 1 amide bonds. The van der Waals surface area contributed by atoms with Gasteiger partial charge in [0, 0.05) is 21.6 Å². The highest BCUT2D eigenvalue weighted by atomic mass is 35.5. The Morgan fingerprint density at radius 3 is 2.85 bits per heavy atom. The van der Waals surface area contributed by atoms with Crippen molar-refractivity contribution < 1.29 is 4.79 Å². The SMILES string of the molecule is CCCCCC(C)NC(=O)CSc1ccc(Cl)cc1N. The van der Waals surface area contributed by atoms with E-state index in [1.54, 1.807) is 12.1 Å². The zero-order valence-electron chi connectivity index (χ0n) is 12.1. The van der Waals surface area contributed by atoms with E-state index in [4.69, 9.17) is 17.3 Å². The molecule has 0 fully saturated rings. The summed E-state index contributed by atoms with van der Waals surface area (Å²) in [5.41, 5.74) is 6.47. The van der Waals surface area contributed by atoms with E-state index in [-0.39, 0.29) is 11.9 Å². The van der Waals surface area contributed by atoms with Gasteiger partial charge in [0.2, 0.25) is 5.91 Å². The molecule has 3 nitrogen and oxygen atoms in total. The van der Waals surface area contributed by atoms with Crippen LogP contribution < -0.4 is 11.1 Å². The van der Waals surface area contributed by atoms with Crippen LogP contribution in [0.5, 0.6) is 0 Å². The van der Waals surface area contributed by atoms with Gasteiger partial charge in [0.25, 0.3) is 0 Å². The van der Waals surface area contributed by atoms with E-state index in [1.807, 2.05) is 6.07 Å². The number of hydrogen-bond donors (Lipinski definition) is 2. The highest BCUT2D eigenvalue weighted by Gasteiger charge is 2.09. The molecule has 0 radical (unpaired) electrons. The van der Waals surface area contributed by atoms with Crippen molar-refractivity contribution in [2.24, 2.45) is 0 Å². The molecule has 1 unspecified atom stereocenters. The summed E-state index contributed by atoms with van der Waals surface area (Å²) in [7, 11) is 0. The number of anilines is 1. The lowest BCUT2D eigenvalue weighted by Gasteiger charge is -2.13. The fourth-order valence-corrected chi connectivity index (χ4v) is 2.82. The van der Waals surface area contributed by atoms with Gasteiger partial charge in [-0.3, -0.25) is 4.79 Å². The lowest BCUT2D eigenvalue weighted by molar-refractivity contribution is -0.119. The highest BCUT2D eigenvalue weighted by Crippen LogP contribution is 2.27. The first-order valence-corrected chi connectivity index (χ1v) is 8.36. The van der Waals surface area contributed by atoms with Gasteiger partial charge in [-0.2, -0.15) is 0 Å². The number of nitrogen functional groups attached to an aromatic ring is 1. The predicted octanol–water partition coefficient (Wildman–Crippen LogP) is 4.10. The number of amides is 1. The van der Waals surface area contributed by atoms with E-state index in [1.165, 1.54) is 24.6 Å². The topological polar surface area (TPSA) is 55.1 Å². The largest absolute Gasteiger partial charge is 0.398 e. The summed E-state index contributed by atoms with van der Waals surface area (Å²) >= 11 is 7.28. The lowest BCUT2D eigenvalue weighted by Crippen LogP contribution is -2.33. The minimum atomic E-state index is 0.0494. The van der Waals surface area contributed by atoms with Crippen molar-refractivity contribution in [1.82, 2.24) is 5.32 Å². The quantitative estimate of drug-likeness (QED) is 0.431. The number of thioether (sulfide) groups is 1. The van der Waals surface area contributed by atoms with Crippen molar-refractivity contribution >= 4 is 35.0 Å². The minimum absolute atomic E-state index is 0.0494. The van der Waals surface area contributed by atoms with Crippen molar-refractivity contribution in [2.75, 3.05) is 11.5 Å². The average molecular weight is 315 g/mol. The summed E-state index contributed by atoms with van der Waals surface area (Å²) in [6.45, 7) is 4.23. The summed E-state index contributed by atoms with van der Waals surface area (Å²) in [5.74, 6) is 0.428. The Morgan fingerprint density at radius 2 is 2.20 bits per heavy atom. The molecule has 0 heterocycles. The van der Waals surface area contributed by atoms with E-state index < -0.39 is 0 Å². The Morgan fingerprint density at radius 1 is 1.45 bits per heavy atom. The van der Waals surface area contributed by atoms with Crippen LogP contribution in [0.2, 0.25) is 5.02 Å². The van der Waals surface area contributed by atoms with Crippen molar-refractivity contribution in [3.63, 3.8) is 0 Å². The van der Waals surface area contributed by atoms with Gasteiger partial charge in [-0.25, -0.2) is 0 Å². The fourth-order valence-electron chi connectivity index (χ4n) is 1.88. The number of carbonyl (C=O) groups excluding carboxylic acids is 1. The van der Waals surface area contributed by atoms with Gasteiger partial charge in [-0.1, -0.05) is 37.8 Å². The summed E-state index contributed by atoms with van der Waals surface area (Å²) in [4.78, 5) is 12.7. The van der Waals surface area contributed by atoms with Crippen molar-refractivity contribution in [1.29, 1.82) is 0 Å². The molecule has 112 valence electrons. The van der Waals surface area contributed by atoms with E-state index in [0.29, 0.717) is 16.5 Å². The number of benzene rings is 1. The number of nitrogens with one attached hydrogen (secondary N) is 1. The predicted molar refractivity (Wildman–Crippen MR) is 88.3 cm³/mol. The maximum absolute atomic E-state index is 11.8. The van der Waals surface area contributed by atoms with Crippen LogP contribution in [0.15, 0.2) is 23.1 Å². The van der Waals surface area contributed by atoms with E-state index >= 15 is 0 Å². The molecule has 0 aliphatic carbocycles. The third-order valence-electron chi connectivity index (χ3n) is 2.98. The second kappa shape index (κ2) is 9.14. The monoisotopic (exact) mass is 314 g/mol. The molecule has 3 N–H and O–H groups in total. The Labute approximate surface area is 130 Å². The lowest BCUT2D eigenvalue weighted by atomic mass is 10.1. The van der Waals surface area contributed by atoms with Gasteiger partial charge in [0.1, 0.15) is 0 Å². The molecular weight excluding hydrogens is 292 g/mol. The summed E-state index contributed by atoms with van der Waals surface area (Å²) in [6.07, 6.45) is 4.62. The van der Waals surface area contributed by atoms with Crippen LogP contribution in [-0.2, 0) is 4.79 Å². The van der Waals surface area contributed by atoms with Crippen LogP contribution in [0.4, 0.5) is 5.69 Å². The second-order valence-corrected chi connectivity index (χ2v) is 6.39. The molecule has 1 aromatic carbocycles. The summed E-state index contributed by atoms with van der Waals surface area (Å²) in [5, 5.41) is 3.63. The van der Waals surface area contributed by atoms with Gasteiger partial charge in [-0.05, 0) is 31.5 Å². The van der Waals surface area contributed by atoms with E-state index in [2.05, 4.69) is 19.2 Å². The highest BCUT2D eigenvalue weighted by molar-refractivity contribution is 8.00. The Bertz CT molecular complexity index is 440. The van der Waals surface area contributed by atoms with Gasteiger partial charge in [0.05, 0.1) is 5.75 Å². The van der Waals surface area contributed by atoms with Crippen LogP contribution in [-0.4, -0.2) is 17.7 Å². The van der Waals surface area contributed by atoms with Gasteiger partial charge in [-0.15, -0.1) is 11.8 Å². The average Bonchev–Trinajstić information content (AvgIpc) is 2.38. The Balaban J connectivity index is 2.32. The van der Waals surface area contributed by atoms with Gasteiger partial charge >= 0.3 is 0 Å². The maximum atomic E-state index is 11.8. The molecule has 20 heavy (non-hydrogen) atoms. The Kier molecular flexibility index (Phi) is 7.85. The molecule has 0 aliphatic rings. The number of halogens is 1. The molecule has 0 saturated heterocycles. The molecule has 5 heteroatoms. The van der Waals surface area contributed by atoms with Crippen molar-refractivity contribution in [3.05, 3.63) is 23.2 Å². The maximum Gasteiger partial charge on any atom is 0.230 e. The van der Waals surface area contributed by atoms with Gasteiger partial charge in [0.15, 0.2) is 0 Å². The number of carbonyl (C=O) groups is 1. The van der Waals surface area contributed by atoms with Gasteiger partial charge < -0.3 is 11.1 Å². The molecule has 0 spiro atoms. The van der Waals surface area contributed by atoms with Crippen LogP contribution in [0.25, 0.3) is 0 Å². The molecule has 0 bridgehead atoms. The second-order valence-electron chi connectivity index (χ2n) is 4.94. The summed E-state index contributed by atoms with van der Waals surface area (Å²) < 4.78 is 0. The Hall–Kier alpha value is -0.870. The number of unbranched alkanes of at least 4 members (excludes halogenated alkanes) is 2. The van der Waals surface area contributed by atoms with Crippen molar-refractivity contribution in [2.45, 2.75) is 50.5 Å². The molecule has 1 aromatic rings. The van der Waals surface area contributed by atoms with Crippen molar-refractivity contribution in [3.8, 4) is 0 Å². The number of nitrogens with two attached hydrogens (primary N) is 1. The molecular formula is C15H23ClN2OS. The molecule has 1 atom stereocenters. The third-order valence-corrected chi connectivity index (χ3v) is 4.30. The summed E-state index contributed by atoms with van der Waals surface area (Å²) in [6, 6.07) is 5.57. The van der Waals surface area contributed by atoms with Crippen LogP contribution in [0.3, 0.4) is 0 Å².